The number of nitrogens with one attached hydrogen (secondary N) is 1. The molecule has 0 aromatic rings. The first-order valence-corrected chi connectivity index (χ1v) is 6.62. The van der Waals surface area contributed by atoms with Gasteiger partial charge in [-0.2, -0.15) is 0 Å². The molecule has 0 radical (unpaired) electrons. The van der Waals surface area contributed by atoms with Gasteiger partial charge in [0.05, 0.1) is 5.92 Å². The molecule has 2 aliphatic rings. The van der Waals surface area contributed by atoms with Crippen LogP contribution in [0.5, 0.6) is 0 Å². The number of hydrogen-bond acceptors (Lipinski definition) is 4. The van der Waals surface area contributed by atoms with E-state index in [1.807, 2.05) is 6.92 Å². The molecule has 3 N–H and O–H groups in total. The van der Waals surface area contributed by atoms with E-state index in [-0.39, 0.29) is 17.9 Å². The molecule has 0 bridgehead atoms. The Labute approximate surface area is 103 Å². The molecule has 1 heterocycles. The molecule has 2 rings (SSSR count). The molecular weight excluding hydrogens is 216 g/mol. The molecule has 2 atom stereocenters. The summed E-state index contributed by atoms with van der Waals surface area (Å²) in [5.41, 5.74) is 2.25. The van der Waals surface area contributed by atoms with Crippen molar-refractivity contribution >= 4 is 5.91 Å². The lowest BCUT2D eigenvalue weighted by molar-refractivity contribution is -0.126. The highest BCUT2D eigenvalue weighted by Gasteiger charge is 2.33. The minimum Gasteiger partial charge on any atom is -0.298 e. The van der Waals surface area contributed by atoms with Crippen LogP contribution in [-0.2, 0) is 4.79 Å². The highest BCUT2D eigenvalue weighted by molar-refractivity contribution is 5.78. The molecule has 1 saturated heterocycles. The van der Waals surface area contributed by atoms with Gasteiger partial charge in [0.2, 0.25) is 5.91 Å². The predicted octanol–water partition coefficient (Wildman–Crippen LogP) is -0.219. The number of carbonyl (C=O) groups is 1. The lowest BCUT2D eigenvalue weighted by Gasteiger charge is -2.39. The van der Waals surface area contributed by atoms with Gasteiger partial charge in [-0.25, -0.2) is 5.84 Å². The molecule has 2 fully saturated rings. The van der Waals surface area contributed by atoms with Crippen molar-refractivity contribution in [3.63, 3.8) is 0 Å². The van der Waals surface area contributed by atoms with Gasteiger partial charge in [-0.15, -0.1) is 0 Å². The van der Waals surface area contributed by atoms with Crippen LogP contribution < -0.4 is 11.3 Å². The van der Waals surface area contributed by atoms with E-state index in [2.05, 4.69) is 22.1 Å². The maximum absolute atomic E-state index is 11.5. The average molecular weight is 240 g/mol. The molecule has 98 valence electrons. The fourth-order valence-corrected chi connectivity index (χ4v) is 2.62. The van der Waals surface area contributed by atoms with Crippen molar-refractivity contribution in [3.8, 4) is 0 Å². The molecule has 0 aromatic carbocycles. The maximum atomic E-state index is 11.5. The second kappa shape index (κ2) is 5.33. The van der Waals surface area contributed by atoms with Crippen LogP contribution in [0.4, 0.5) is 0 Å². The van der Waals surface area contributed by atoms with Crippen molar-refractivity contribution in [2.45, 2.75) is 38.8 Å². The third-order valence-corrected chi connectivity index (χ3v) is 4.27. The van der Waals surface area contributed by atoms with Crippen LogP contribution in [0.15, 0.2) is 0 Å². The Hall–Kier alpha value is -0.650. The fourth-order valence-electron chi connectivity index (χ4n) is 2.62. The highest BCUT2D eigenvalue weighted by atomic mass is 16.2. The van der Waals surface area contributed by atoms with Gasteiger partial charge in [0, 0.05) is 38.3 Å². The number of hydrogen-bond donors (Lipinski definition) is 2. The first-order valence-electron chi connectivity index (χ1n) is 6.62. The number of piperazine rings is 1. The van der Waals surface area contributed by atoms with Gasteiger partial charge in [0.25, 0.3) is 0 Å². The van der Waals surface area contributed by atoms with Crippen LogP contribution in [0, 0.1) is 5.92 Å². The number of amides is 1. The van der Waals surface area contributed by atoms with Gasteiger partial charge in [-0.05, 0) is 19.8 Å². The standard InChI is InChI=1S/C12H24N4O/c1-9(12(17)14-13)10(2)15-5-7-16(8-6-15)11-3-4-11/h9-11H,3-8,13H2,1-2H3,(H,14,17). The van der Waals surface area contributed by atoms with Crippen LogP contribution in [0.1, 0.15) is 26.7 Å². The van der Waals surface area contributed by atoms with Crippen LogP contribution in [0.3, 0.4) is 0 Å². The number of rotatable bonds is 4. The molecular formula is C12H24N4O. The van der Waals surface area contributed by atoms with E-state index < -0.39 is 0 Å². The van der Waals surface area contributed by atoms with E-state index in [4.69, 9.17) is 5.84 Å². The van der Waals surface area contributed by atoms with Crippen LogP contribution in [0.2, 0.25) is 0 Å². The Morgan fingerprint density at radius 2 is 1.82 bits per heavy atom. The van der Waals surface area contributed by atoms with Crippen LogP contribution >= 0.6 is 0 Å². The van der Waals surface area contributed by atoms with Gasteiger partial charge < -0.3 is 0 Å². The van der Waals surface area contributed by atoms with E-state index in [1.165, 1.54) is 12.8 Å². The summed E-state index contributed by atoms with van der Waals surface area (Å²) in [4.78, 5) is 16.5. The fraction of sp³-hybridized carbons (Fsp3) is 0.917. The molecule has 1 amide bonds. The third kappa shape index (κ3) is 2.97. The zero-order valence-electron chi connectivity index (χ0n) is 10.9. The van der Waals surface area contributed by atoms with E-state index in [1.54, 1.807) is 0 Å². The maximum Gasteiger partial charge on any atom is 0.238 e. The van der Waals surface area contributed by atoms with Crippen LogP contribution in [-0.4, -0.2) is 54.0 Å². The number of nitrogens with two attached hydrogens (primary N) is 1. The Morgan fingerprint density at radius 3 is 2.29 bits per heavy atom. The van der Waals surface area contributed by atoms with Crippen molar-refractivity contribution in [1.29, 1.82) is 0 Å². The smallest absolute Gasteiger partial charge is 0.238 e. The molecule has 1 aliphatic heterocycles. The zero-order chi connectivity index (χ0) is 12.4. The SMILES string of the molecule is CC(C(=O)NN)C(C)N1CCN(C2CC2)CC1. The predicted molar refractivity (Wildman–Crippen MR) is 67.1 cm³/mol. The zero-order valence-corrected chi connectivity index (χ0v) is 10.9. The quantitative estimate of drug-likeness (QED) is 0.405. The van der Waals surface area contributed by atoms with Gasteiger partial charge in [0.15, 0.2) is 0 Å². The highest BCUT2D eigenvalue weighted by Crippen LogP contribution is 2.28. The monoisotopic (exact) mass is 240 g/mol. The Bertz CT molecular complexity index is 272. The lowest BCUT2D eigenvalue weighted by Crippen LogP contribution is -2.53. The molecule has 2 unspecified atom stereocenters. The summed E-state index contributed by atoms with van der Waals surface area (Å²) in [7, 11) is 0. The van der Waals surface area contributed by atoms with E-state index in [0.29, 0.717) is 0 Å². The Balaban J connectivity index is 1.80. The molecule has 0 spiro atoms. The minimum absolute atomic E-state index is 0.0486. The van der Waals surface area contributed by atoms with E-state index in [9.17, 15) is 4.79 Å². The first-order chi connectivity index (χ1) is 8.13. The molecule has 17 heavy (non-hydrogen) atoms. The number of nitrogens with zero attached hydrogens (tertiary/aromatic N) is 2. The van der Waals surface area contributed by atoms with E-state index >= 15 is 0 Å². The lowest BCUT2D eigenvalue weighted by atomic mass is 10.0. The average Bonchev–Trinajstić information content (AvgIpc) is 3.20. The summed E-state index contributed by atoms with van der Waals surface area (Å²) in [5, 5.41) is 0. The summed E-state index contributed by atoms with van der Waals surface area (Å²) >= 11 is 0. The van der Waals surface area contributed by atoms with Gasteiger partial charge >= 0.3 is 0 Å². The van der Waals surface area contributed by atoms with Crippen LogP contribution in [0.25, 0.3) is 0 Å². The molecule has 5 heteroatoms. The molecule has 0 aromatic heterocycles. The summed E-state index contributed by atoms with van der Waals surface area (Å²) in [5.74, 6) is 5.07. The summed E-state index contributed by atoms with van der Waals surface area (Å²) < 4.78 is 0. The van der Waals surface area contributed by atoms with Crippen molar-refractivity contribution < 1.29 is 4.79 Å². The molecule has 5 nitrogen and oxygen atoms in total. The van der Waals surface area contributed by atoms with Crippen molar-refractivity contribution in [3.05, 3.63) is 0 Å². The third-order valence-electron chi connectivity index (χ3n) is 4.27. The van der Waals surface area contributed by atoms with Gasteiger partial charge in [-0.1, -0.05) is 6.92 Å². The summed E-state index contributed by atoms with van der Waals surface area (Å²) in [6.07, 6.45) is 2.75. The first kappa shape index (κ1) is 12.8. The normalized spacial score (nSPS) is 26.5. The Kier molecular flexibility index (Phi) is 4.01. The van der Waals surface area contributed by atoms with Crippen molar-refractivity contribution in [2.75, 3.05) is 26.2 Å². The molecule has 1 saturated carbocycles. The number of carbonyl (C=O) groups excluding carboxylic acids is 1. The number of hydrazine groups is 1. The second-order valence-corrected chi connectivity index (χ2v) is 5.34. The van der Waals surface area contributed by atoms with Gasteiger partial charge in [0.1, 0.15) is 0 Å². The van der Waals surface area contributed by atoms with Gasteiger partial charge in [-0.3, -0.25) is 20.0 Å². The largest absolute Gasteiger partial charge is 0.298 e. The molecule has 1 aliphatic carbocycles. The summed E-state index contributed by atoms with van der Waals surface area (Å²) in [6.45, 7) is 8.49. The Morgan fingerprint density at radius 1 is 1.24 bits per heavy atom. The van der Waals surface area contributed by atoms with Crippen molar-refractivity contribution in [2.24, 2.45) is 11.8 Å². The second-order valence-electron chi connectivity index (χ2n) is 5.34. The minimum atomic E-state index is -0.0675. The summed E-state index contributed by atoms with van der Waals surface area (Å²) in [6, 6.07) is 1.12. The van der Waals surface area contributed by atoms with Crippen molar-refractivity contribution in [1.82, 2.24) is 15.2 Å². The van der Waals surface area contributed by atoms with E-state index in [0.717, 1.165) is 32.2 Å². The topological polar surface area (TPSA) is 61.6 Å².